The Kier molecular flexibility index (Phi) is 2.86. The molecular weight excluding hydrogens is 208 g/mol. The van der Waals surface area contributed by atoms with Crippen LogP contribution in [0, 0.1) is 0 Å². The monoisotopic (exact) mass is 220 g/mol. The molecule has 0 aromatic carbocycles. The fourth-order valence-corrected chi connectivity index (χ4v) is 1.28. The van der Waals surface area contributed by atoms with Gasteiger partial charge in [0, 0.05) is 31.4 Å². The lowest BCUT2D eigenvalue weighted by Gasteiger charge is -2.00. The summed E-state index contributed by atoms with van der Waals surface area (Å²) in [5.41, 5.74) is 5.74. The first kappa shape index (κ1) is 10.2. The molecule has 0 radical (unpaired) electrons. The second kappa shape index (κ2) is 4.47. The number of amides is 1. The first-order valence-corrected chi connectivity index (χ1v) is 4.83. The minimum atomic E-state index is -0.226. The van der Waals surface area contributed by atoms with E-state index >= 15 is 0 Å². The molecule has 2 rings (SSSR count). The van der Waals surface area contributed by atoms with E-state index < -0.39 is 0 Å². The number of nitrogens with one attached hydrogen (secondary N) is 3. The first-order chi connectivity index (χ1) is 7.75. The van der Waals surface area contributed by atoms with Crippen LogP contribution in [-0.2, 0) is 6.42 Å². The topological polar surface area (TPSA) is 112 Å². The van der Waals surface area contributed by atoms with E-state index in [1.807, 2.05) is 0 Å². The average Bonchev–Trinajstić information content (AvgIpc) is 2.89. The number of H-pyrrole nitrogens is 2. The standard InChI is InChI=1S/C9H12N6O/c10-7-5-6(14-15-7)9(16)13-2-1-8-11-3-4-12-8/h3-5H,1-2H2,(H,11,12)(H,13,16)(H3,10,14,15). The van der Waals surface area contributed by atoms with Crippen LogP contribution >= 0.6 is 0 Å². The van der Waals surface area contributed by atoms with Gasteiger partial charge in [-0.05, 0) is 0 Å². The third-order valence-electron chi connectivity index (χ3n) is 2.04. The second-order valence-corrected chi connectivity index (χ2v) is 3.25. The van der Waals surface area contributed by atoms with Crippen LogP contribution in [0.15, 0.2) is 18.5 Å². The zero-order valence-electron chi connectivity index (χ0n) is 8.53. The van der Waals surface area contributed by atoms with E-state index in [0.717, 1.165) is 5.82 Å². The number of carbonyl (C=O) groups is 1. The van der Waals surface area contributed by atoms with Crippen LogP contribution in [-0.4, -0.2) is 32.6 Å². The highest BCUT2D eigenvalue weighted by atomic mass is 16.1. The van der Waals surface area contributed by atoms with E-state index in [1.165, 1.54) is 6.07 Å². The molecule has 2 aromatic heterocycles. The van der Waals surface area contributed by atoms with E-state index in [2.05, 4.69) is 25.5 Å². The molecule has 0 bridgehead atoms. The van der Waals surface area contributed by atoms with Gasteiger partial charge in [-0.3, -0.25) is 9.89 Å². The summed E-state index contributed by atoms with van der Waals surface area (Å²) >= 11 is 0. The number of hydrogen-bond donors (Lipinski definition) is 4. The number of nitrogen functional groups attached to an aromatic ring is 1. The van der Waals surface area contributed by atoms with Gasteiger partial charge >= 0.3 is 0 Å². The number of nitrogens with two attached hydrogens (primary N) is 1. The zero-order chi connectivity index (χ0) is 11.4. The van der Waals surface area contributed by atoms with Gasteiger partial charge in [0.2, 0.25) is 0 Å². The fraction of sp³-hybridized carbons (Fsp3) is 0.222. The van der Waals surface area contributed by atoms with Gasteiger partial charge in [-0.25, -0.2) is 4.98 Å². The zero-order valence-corrected chi connectivity index (χ0v) is 8.53. The predicted molar refractivity (Wildman–Crippen MR) is 57.6 cm³/mol. The summed E-state index contributed by atoms with van der Waals surface area (Å²) in [5, 5.41) is 8.93. The van der Waals surface area contributed by atoms with Crippen molar-refractivity contribution in [2.75, 3.05) is 12.3 Å². The molecule has 2 heterocycles. The number of hydrogen-bond acceptors (Lipinski definition) is 4. The summed E-state index contributed by atoms with van der Waals surface area (Å²) in [7, 11) is 0. The summed E-state index contributed by atoms with van der Waals surface area (Å²) in [6.45, 7) is 0.505. The predicted octanol–water partition coefficient (Wildman–Crippen LogP) is -0.313. The summed E-state index contributed by atoms with van der Waals surface area (Å²) < 4.78 is 0. The highest BCUT2D eigenvalue weighted by Crippen LogP contribution is 1.99. The van der Waals surface area contributed by atoms with Crippen LogP contribution in [0.3, 0.4) is 0 Å². The molecule has 0 unspecified atom stereocenters. The molecule has 0 aliphatic heterocycles. The van der Waals surface area contributed by atoms with Crippen LogP contribution in [0.4, 0.5) is 5.82 Å². The van der Waals surface area contributed by atoms with Crippen molar-refractivity contribution in [3.8, 4) is 0 Å². The number of rotatable bonds is 4. The fourth-order valence-electron chi connectivity index (χ4n) is 1.28. The lowest BCUT2D eigenvalue weighted by Crippen LogP contribution is -2.26. The third-order valence-corrected chi connectivity index (χ3v) is 2.04. The number of aromatic nitrogens is 4. The Hall–Kier alpha value is -2.31. The molecule has 0 aliphatic rings. The Bertz CT molecular complexity index is 460. The maximum Gasteiger partial charge on any atom is 0.269 e. The molecule has 16 heavy (non-hydrogen) atoms. The van der Waals surface area contributed by atoms with E-state index in [1.54, 1.807) is 12.4 Å². The molecule has 7 nitrogen and oxygen atoms in total. The molecule has 7 heteroatoms. The Labute approximate surface area is 91.5 Å². The van der Waals surface area contributed by atoms with Crippen molar-refractivity contribution < 1.29 is 4.79 Å². The van der Waals surface area contributed by atoms with Crippen LogP contribution < -0.4 is 11.1 Å². The van der Waals surface area contributed by atoms with Crippen LogP contribution in [0.2, 0.25) is 0 Å². The Morgan fingerprint density at radius 3 is 3.06 bits per heavy atom. The van der Waals surface area contributed by atoms with Crippen LogP contribution in [0.25, 0.3) is 0 Å². The van der Waals surface area contributed by atoms with Gasteiger partial charge in [0.15, 0.2) is 0 Å². The van der Waals surface area contributed by atoms with Crippen molar-refractivity contribution >= 4 is 11.7 Å². The molecule has 0 fully saturated rings. The number of imidazole rings is 1. The van der Waals surface area contributed by atoms with E-state index in [9.17, 15) is 4.79 Å². The molecule has 84 valence electrons. The third kappa shape index (κ3) is 2.38. The number of nitrogens with zero attached hydrogens (tertiary/aromatic N) is 2. The van der Waals surface area contributed by atoms with Gasteiger partial charge in [-0.1, -0.05) is 0 Å². The van der Waals surface area contributed by atoms with E-state index in [0.29, 0.717) is 24.5 Å². The van der Waals surface area contributed by atoms with Gasteiger partial charge < -0.3 is 16.0 Å². The molecule has 0 spiro atoms. The summed E-state index contributed by atoms with van der Waals surface area (Å²) in [6, 6.07) is 1.49. The molecule has 0 aliphatic carbocycles. The highest BCUT2D eigenvalue weighted by Gasteiger charge is 2.07. The maximum atomic E-state index is 11.5. The molecular formula is C9H12N6O. The molecule has 1 amide bonds. The van der Waals surface area contributed by atoms with Gasteiger partial charge in [0.05, 0.1) is 0 Å². The summed E-state index contributed by atoms with van der Waals surface area (Å²) in [4.78, 5) is 18.5. The van der Waals surface area contributed by atoms with Crippen LogP contribution in [0.5, 0.6) is 0 Å². The molecule has 0 atom stereocenters. The average molecular weight is 220 g/mol. The quantitative estimate of drug-likeness (QED) is 0.566. The summed E-state index contributed by atoms with van der Waals surface area (Å²) in [5.74, 6) is 0.913. The Morgan fingerprint density at radius 2 is 2.44 bits per heavy atom. The van der Waals surface area contributed by atoms with Crippen molar-refractivity contribution in [3.05, 3.63) is 30.0 Å². The van der Waals surface area contributed by atoms with Gasteiger partial charge in [0.1, 0.15) is 17.3 Å². The van der Waals surface area contributed by atoms with E-state index in [-0.39, 0.29) is 5.91 Å². The van der Waals surface area contributed by atoms with Gasteiger partial charge in [0.25, 0.3) is 5.91 Å². The summed E-state index contributed by atoms with van der Waals surface area (Å²) in [6.07, 6.45) is 4.07. The second-order valence-electron chi connectivity index (χ2n) is 3.25. The van der Waals surface area contributed by atoms with Gasteiger partial charge in [-0.15, -0.1) is 0 Å². The van der Waals surface area contributed by atoms with E-state index in [4.69, 9.17) is 5.73 Å². The largest absolute Gasteiger partial charge is 0.382 e. The SMILES string of the molecule is Nc1cc(C(=O)NCCc2ncc[nH]2)[nH]n1. The van der Waals surface area contributed by atoms with Crippen molar-refractivity contribution in [1.82, 2.24) is 25.5 Å². The number of aromatic amines is 2. The maximum absolute atomic E-state index is 11.5. The van der Waals surface area contributed by atoms with Gasteiger partial charge in [-0.2, -0.15) is 5.10 Å². The van der Waals surface area contributed by atoms with Crippen molar-refractivity contribution in [2.24, 2.45) is 0 Å². The van der Waals surface area contributed by atoms with Crippen molar-refractivity contribution in [3.63, 3.8) is 0 Å². The minimum Gasteiger partial charge on any atom is -0.382 e. The first-order valence-electron chi connectivity index (χ1n) is 4.83. The smallest absolute Gasteiger partial charge is 0.269 e. The lowest BCUT2D eigenvalue weighted by atomic mass is 10.3. The normalized spacial score (nSPS) is 10.2. The Morgan fingerprint density at radius 1 is 1.56 bits per heavy atom. The number of carbonyl (C=O) groups excluding carboxylic acids is 1. The highest BCUT2D eigenvalue weighted by molar-refractivity contribution is 5.92. The number of anilines is 1. The Balaban J connectivity index is 1.80. The molecule has 2 aromatic rings. The molecule has 5 N–H and O–H groups in total. The van der Waals surface area contributed by atoms with Crippen molar-refractivity contribution in [1.29, 1.82) is 0 Å². The lowest BCUT2D eigenvalue weighted by molar-refractivity contribution is 0.0949. The van der Waals surface area contributed by atoms with Crippen LogP contribution in [0.1, 0.15) is 16.3 Å². The molecule has 0 saturated carbocycles. The van der Waals surface area contributed by atoms with Crippen molar-refractivity contribution in [2.45, 2.75) is 6.42 Å². The minimum absolute atomic E-state index is 0.226. The molecule has 0 saturated heterocycles.